The average molecular weight is 307 g/mol. The first kappa shape index (κ1) is 15.7. The molecule has 0 unspecified atom stereocenters. The van der Waals surface area contributed by atoms with Crippen LogP contribution in [0, 0.1) is 0 Å². The first-order chi connectivity index (χ1) is 10.4. The molecule has 0 fully saturated rings. The minimum Gasteiger partial charge on any atom is -0.344 e. The molecule has 22 heavy (non-hydrogen) atoms. The summed E-state index contributed by atoms with van der Waals surface area (Å²) in [5.41, 5.74) is -0.905. The summed E-state index contributed by atoms with van der Waals surface area (Å²) in [7, 11) is 0. The van der Waals surface area contributed by atoms with E-state index in [2.05, 4.69) is 25.7 Å². The van der Waals surface area contributed by atoms with Gasteiger partial charge in [-0.05, 0) is 6.92 Å². The standard InChI is InChI=1S/C13H17N5O4/c1-6(2)11-15-13(22-18-11)7(3)14-9(19)4-8-5-10(20)16-17-12(8)21/h5-7H,4H2,1-3H3,(H,14,19)(H,16,20)(H,17,21)/t7-/m0/s1. The molecule has 2 heterocycles. The fourth-order valence-electron chi connectivity index (χ4n) is 1.77. The van der Waals surface area contributed by atoms with Gasteiger partial charge < -0.3 is 9.84 Å². The van der Waals surface area contributed by atoms with Gasteiger partial charge in [0, 0.05) is 17.5 Å². The number of nitrogens with zero attached hydrogens (tertiary/aromatic N) is 2. The lowest BCUT2D eigenvalue weighted by molar-refractivity contribution is -0.121. The second-order valence-electron chi connectivity index (χ2n) is 5.22. The molecule has 2 aromatic rings. The third-order valence-electron chi connectivity index (χ3n) is 2.97. The summed E-state index contributed by atoms with van der Waals surface area (Å²) in [6.45, 7) is 5.55. The minimum atomic E-state index is -0.512. The third kappa shape index (κ3) is 3.68. The van der Waals surface area contributed by atoms with Crippen molar-refractivity contribution in [3.63, 3.8) is 0 Å². The summed E-state index contributed by atoms with van der Waals surface area (Å²) in [4.78, 5) is 38.8. The summed E-state index contributed by atoms with van der Waals surface area (Å²) < 4.78 is 5.08. The number of carbonyl (C=O) groups is 1. The Morgan fingerprint density at radius 1 is 1.32 bits per heavy atom. The van der Waals surface area contributed by atoms with Gasteiger partial charge in [-0.15, -0.1) is 0 Å². The van der Waals surface area contributed by atoms with Crippen molar-refractivity contribution in [2.45, 2.75) is 39.2 Å². The van der Waals surface area contributed by atoms with E-state index in [-0.39, 0.29) is 23.8 Å². The van der Waals surface area contributed by atoms with Crippen molar-refractivity contribution in [2.75, 3.05) is 0 Å². The van der Waals surface area contributed by atoms with Gasteiger partial charge >= 0.3 is 0 Å². The smallest absolute Gasteiger partial charge is 0.266 e. The van der Waals surface area contributed by atoms with Crippen molar-refractivity contribution in [1.29, 1.82) is 0 Å². The molecule has 1 amide bonds. The summed E-state index contributed by atoms with van der Waals surface area (Å²) in [5, 5.41) is 10.8. The zero-order valence-electron chi connectivity index (χ0n) is 12.5. The van der Waals surface area contributed by atoms with Crippen molar-refractivity contribution >= 4 is 5.91 Å². The number of hydrogen-bond acceptors (Lipinski definition) is 6. The van der Waals surface area contributed by atoms with E-state index in [0.29, 0.717) is 5.82 Å². The lowest BCUT2D eigenvalue weighted by Gasteiger charge is -2.09. The van der Waals surface area contributed by atoms with Crippen LogP contribution in [-0.4, -0.2) is 26.2 Å². The number of aromatic amines is 2. The molecular formula is C13H17N5O4. The summed E-state index contributed by atoms with van der Waals surface area (Å²) >= 11 is 0. The maximum atomic E-state index is 11.9. The largest absolute Gasteiger partial charge is 0.344 e. The lowest BCUT2D eigenvalue weighted by atomic mass is 10.2. The van der Waals surface area contributed by atoms with Gasteiger partial charge in [0.2, 0.25) is 11.8 Å². The molecular weight excluding hydrogens is 290 g/mol. The molecule has 3 N–H and O–H groups in total. The van der Waals surface area contributed by atoms with Crippen LogP contribution in [0.25, 0.3) is 0 Å². The summed E-state index contributed by atoms with van der Waals surface area (Å²) in [6.07, 6.45) is -0.214. The zero-order valence-corrected chi connectivity index (χ0v) is 12.5. The van der Waals surface area contributed by atoms with E-state index in [1.807, 2.05) is 13.8 Å². The summed E-state index contributed by atoms with van der Waals surface area (Å²) in [6, 6.07) is 0.598. The van der Waals surface area contributed by atoms with Gasteiger partial charge in [-0.3, -0.25) is 24.6 Å². The van der Waals surface area contributed by atoms with E-state index in [1.54, 1.807) is 6.92 Å². The summed E-state index contributed by atoms with van der Waals surface area (Å²) in [5.74, 6) is 0.543. The van der Waals surface area contributed by atoms with Crippen LogP contribution in [0.5, 0.6) is 0 Å². The fraction of sp³-hybridized carbons (Fsp3) is 0.462. The number of carbonyl (C=O) groups excluding carboxylic acids is 1. The highest BCUT2D eigenvalue weighted by Crippen LogP contribution is 2.14. The van der Waals surface area contributed by atoms with E-state index < -0.39 is 23.1 Å². The number of H-pyrrole nitrogens is 2. The molecule has 0 bridgehead atoms. The number of hydrogen-bond donors (Lipinski definition) is 3. The molecule has 0 aliphatic heterocycles. The molecule has 0 aromatic carbocycles. The third-order valence-corrected chi connectivity index (χ3v) is 2.97. The number of rotatable bonds is 5. The maximum absolute atomic E-state index is 11.9. The van der Waals surface area contributed by atoms with Crippen molar-refractivity contribution in [3.05, 3.63) is 44.1 Å². The van der Waals surface area contributed by atoms with Crippen LogP contribution in [-0.2, 0) is 11.2 Å². The molecule has 0 aliphatic rings. The predicted octanol–water partition coefficient (Wildman–Crippen LogP) is -0.0105. The Morgan fingerprint density at radius 3 is 2.68 bits per heavy atom. The Bertz CT molecular complexity index is 773. The first-order valence-electron chi connectivity index (χ1n) is 6.80. The Kier molecular flexibility index (Phi) is 4.54. The van der Waals surface area contributed by atoms with Crippen LogP contribution in [0.4, 0.5) is 0 Å². The molecule has 0 saturated carbocycles. The number of amides is 1. The van der Waals surface area contributed by atoms with Crippen LogP contribution in [0.15, 0.2) is 20.2 Å². The second kappa shape index (κ2) is 6.37. The van der Waals surface area contributed by atoms with Crippen molar-refractivity contribution in [1.82, 2.24) is 25.7 Å². The van der Waals surface area contributed by atoms with Crippen molar-refractivity contribution in [3.8, 4) is 0 Å². The predicted molar refractivity (Wildman–Crippen MR) is 76.3 cm³/mol. The van der Waals surface area contributed by atoms with Crippen molar-refractivity contribution < 1.29 is 9.32 Å². The highest BCUT2D eigenvalue weighted by Gasteiger charge is 2.18. The Hall–Kier alpha value is -2.71. The molecule has 0 aliphatic carbocycles. The molecule has 9 heteroatoms. The molecule has 0 saturated heterocycles. The molecule has 2 rings (SSSR count). The zero-order chi connectivity index (χ0) is 16.3. The number of nitrogens with one attached hydrogen (secondary N) is 3. The van der Waals surface area contributed by atoms with Crippen molar-refractivity contribution in [2.24, 2.45) is 0 Å². The molecule has 2 aromatic heterocycles. The number of aromatic nitrogens is 4. The minimum absolute atomic E-state index is 0.0850. The SMILES string of the molecule is CC(C)c1noc([C@H](C)NC(=O)Cc2cc(=O)[nH][nH]c2=O)n1. The average Bonchev–Trinajstić information content (AvgIpc) is 2.93. The quantitative estimate of drug-likeness (QED) is 0.711. The van der Waals surface area contributed by atoms with Gasteiger partial charge in [-0.1, -0.05) is 19.0 Å². The molecule has 1 atom stereocenters. The fourth-order valence-corrected chi connectivity index (χ4v) is 1.77. The van der Waals surface area contributed by atoms with Crippen LogP contribution in [0.2, 0.25) is 0 Å². The Balaban J connectivity index is 2.03. The topological polar surface area (TPSA) is 134 Å². The Morgan fingerprint density at radius 2 is 2.05 bits per heavy atom. The van der Waals surface area contributed by atoms with Gasteiger partial charge in [0.25, 0.3) is 11.1 Å². The van der Waals surface area contributed by atoms with E-state index in [1.165, 1.54) is 0 Å². The van der Waals surface area contributed by atoms with Gasteiger partial charge in [0.1, 0.15) is 6.04 Å². The Labute approximate surface area is 125 Å². The highest BCUT2D eigenvalue weighted by atomic mass is 16.5. The monoisotopic (exact) mass is 307 g/mol. The highest BCUT2D eigenvalue weighted by molar-refractivity contribution is 5.78. The second-order valence-corrected chi connectivity index (χ2v) is 5.22. The van der Waals surface area contributed by atoms with Crippen LogP contribution >= 0.6 is 0 Å². The van der Waals surface area contributed by atoms with Gasteiger partial charge in [0.05, 0.1) is 6.42 Å². The molecule has 0 radical (unpaired) electrons. The molecule has 9 nitrogen and oxygen atoms in total. The molecule has 118 valence electrons. The van der Waals surface area contributed by atoms with Crippen LogP contribution in [0.3, 0.4) is 0 Å². The van der Waals surface area contributed by atoms with E-state index in [0.717, 1.165) is 6.07 Å². The van der Waals surface area contributed by atoms with Gasteiger partial charge in [0.15, 0.2) is 5.82 Å². The van der Waals surface area contributed by atoms with Gasteiger partial charge in [-0.2, -0.15) is 4.98 Å². The van der Waals surface area contributed by atoms with E-state index >= 15 is 0 Å². The van der Waals surface area contributed by atoms with E-state index in [9.17, 15) is 14.4 Å². The normalized spacial score (nSPS) is 12.4. The van der Waals surface area contributed by atoms with E-state index in [4.69, 9.17) is 4.52 Å². The van der Waals surface area contributed by atoms with Crippen LogP contribution in [0.1, 0.15) is 50.0 Å². The lowest BCUT2D eigenvalue weighted by Crippen LogP contribution is -2.31. The van der Waals surface area contributed by atoms with Crippen LogP contribution < -0.4 is 16.4 Å². The maximum Gasteiger partial charge on any atom is 0.266 e. The molecule has 0 spiro atoms. The van der Waals surface area contributed by atoms with Gasteiger partial charge in [-0.25, -0.2) is 0 Å². The first-order valence-corrected chi connectivity index (χ1v) is 6.80.